The normalized spacial score (nSPS) is 10.5. The minimum absolute atomic E-state index is 0.0293. The lowest BCUT2D eigenvalue weighted by molar-refractivity contribution is 0.0999. The van der Waals surface area contributed by atoms with Crippen LogP contribution in [0.25, 0.3) is 0 Å². The third-order valence-corrected chi connectivity index (χ3v) is 5.17. The van der Waals surface area contributed by atoms with Crippen molar-refractivity contribution in [2.45, 2.75) is 6.42 Å². The van der Waals surface area contributed by atoms with E-state index in [1.54, 1.807) is 0 Å². The van der Waals surface area contributed by atoms with Crippen LogP contribution in [0.3, 0.4) is 0 Å². The van der Waals surface area contributed by atoms with Gasteiger partial charge < -0.3 is 22.5 Å². The molecule has 0 aliphatic heterocycles. The van der Waals surface area contributed by atoms with Gasteiger partial charge >= 0.3 is 0 Å². The summed E-state index contributed by atoms with van der Waals surface area (Å²) in [5.41, 5.74) is 16.4. The van der Waals surface area contributed by atoms with Gasteiger partial charge in [0.1, 0.15) is 9.88 Å². The molecule has 9 heteroatoms. The minimum atomic E-state index is -0.696. The number of primary amides is 2. The molecule has 2 aromatic heterocycles. The molecule has 112 valence electrons. The first-order valence-electron chi connectivity index (χ1n) is 5.90. The first-order chi connectivity index (χ1) is 9.90. The summed E-state index contributed by atoms with van der Waals surface area (Å²) in [6.07, 6.45) is 0.722. The van der Waals surface area contributed by atoms with Crippen LogP contribution in [-0.2, 0) is 6.42 Å². The number of amides is 2. The first kappa shape index (κ1) is 15.6. The van der Waals surface area contributed by atoms with Gasteiger partial charge in [-0.3, -0.25) is 9.59 Å². The highest BCUT2D eigenvalue weighted by Crippen LogP contribution is 2.35. The SMILES string of the molecule is NC(=O)c1sc(NCCc2ccc(Cl)s2)c(C(N)=O)c1N. The molecule has 0 radical (unpaired) electrons. The molecule has 0 spiro atoms. The van der Waals surface area contributed by atoms with E-state index in [1.165, 1.54) is 11.3 Å². The Bertz CT molecular complexity index is 695. The maximum Gasteiger partial charge on any atom is 0.260 e. The van der Waals surface area contributed by atoms with E-state index in [0.717, 1.165) is 27.0 Å². The lowest BCUT2D eigenvalue weighted by atomic mass is 10.2. The van der Waals surface area contributed by atoms with E-state index in [-0.39, 0.29) is 16.1 Å². The van der Waals surface area contributed by atoms with Gasteiger partial charge in [-0.2, -0.15) is 0 Å². The second kappa shape index (κ2) is 6.33. The van der Waals surface area contributed by atoms with Crippen molar-refractivity contribution in [1.29, 1.82) is 0 Å². The Hall–Kier alpha value is -1.77. The number of nitrogens with one attached hydrogen (secondary N) is 1. The molecule has 0 aliphatic carbocycles. The van der Waals surface area contributed by atoms with Crippen LogP contribution < -0.4 is 22.5 Å². The maximum absolute atomic E-state index is 11.5. The highest BCUT2D eigenvalue weighted by Gasteiger charge is 2.22. The van der Waals surface area contributed by atoms with Gasteiger partial charge in [-0.25, -0.2) is 0 Å². The number of thiophene rings is 2. The molecule has 0 atom stereocenters. The van der Waals surface area contributed by atoms with Gasteiger partial charge in [0.15, 0.2) is 0 Å². The van der Waals surface area contributed by atoms with Crippen molar-refractivity contribution < 1.29 is 9.59 Å². The van der Waals surface area contributed by atoms with Crippen molar-refractivity contribution in [2.75, 3.05) is 17.6 Å². The predicted octanol–water partition coefficient (Wildman–Crippen LogP) is 1.90. The summed E-state index contributed by atoms with van der Waals surface area (Å²) in [6.45, 7) is 0.551. The molecule has 2 amide bonds. The van der Waals surface area contributed by atoms with Crippen molar-refractivity contribution in [2.24, 2.45) is 11.5 Å². The topological polar surface area (TPSA) is 124 Å². The molecule has 6 nitrogen and oxygen atoms in total. The molecule has 0 aliphatic rings. The molecular weight excluding hydrogens is 332 g/mol. The monoisotopic (exact) mass is 344 g/mol. The van der Waals surface area contributed by atoms with Crippen LogP contribution in [0.5, 0.6) is 0 Å². The minimum Gasteiger partial charge on any atom is -0.397 e. The molecule has 0 bridgehead atoms. The molecule has 2 heterocycles. The summed E-state index contributed by atoms with van der Waals surface area (Å²) in [7, 11) is 0. The van der Waals surface area contributed by atoms with Crippen molar-refractivity contribution in [3.05, 3.63) is 31.8 Å². The van der Waals surface area contributed by atoms with Crippen LogP contribution in [0.2, 0.25) is 4.34 Å². The van der Waals surface area contributed by atoms with Crippen LogP contribution in [0, 0.1) is 0 Å². The van der Waals surface area contributed by atoms with Crippen LogP contribution in [0.15, 0.2) is 12.1 Å². The van der Waals surface area contributed by atoms with Crippen LogP contribution in [0.1, 0.15) is 24.9 Å². The average molecular weight is 345 g/mol. The lowest BCUT2D eigenvalue weighted by Crippen LogP contribution is -2.16. The lowest BCUT2D eigenvalue weighted by Gasteiger charge is -2.04. The zero-order chi connectivity index (χ0) is 15.6. The third kappa shape index (κ3) is 3.46. The molecule has 0 fully saturated rings. The Morgan fingerprint density at radius 1 is 1.19 bits per heavy atom. The van der Waals surface area contributed by atoms with E-state index in [2.05, 4.69) is 5.32 Å². The second-order valence-electron chi connectivity index (χ2n) is 4.16. The number of rotatable bonds is 6. The summed E-state index contributed by atoms with van der Waals surface area (Å²) in [5.74, 6) is -1.38. The van der Waals surface area contributed by atoms with Gasteiger partial charge in [0.2, 0.25) is 0 Å². The third-order valence-electron chi connectivity index (χ3n) is 2.70. The number of hydrogen-bond acceptors (Lipinski definition) is 6. The van der Waals surface area contributed by atoms with Gasteiger partial charge in [-0.1, -0.05) is 11.6 Å². The van der Waals surface area contributed by atoms with Crippen LogP contribution in [-0.4, -0.2) is 18.4 Å². The Morgan fingerprint density at radius 3 is 2.43 bits per heavy atom. The van der Waals surface area contributed by atoms with Crippen molar-refractivity contribution in [3.8, 4) is 0 Å². The van der Waals surface area contributed by atoms with Gasteiger partial charge in [0.05, 0.1) is 15.6 Å². The number of nitrogen functional groups attached to an aromatic ring is 1. The Morgan fingerprint density at radius 2 is 1.90 bits per heavy atom. The molecule has 7 N–H and O–H groups in total. The molecular formula is C12H13ClN4O2S2. The zero-order valence-electron chi connectivity index (χ0n) is 10.8. The second-order valence-corrected chi connectivity index (χ2v) is 6.98. The molecule has 2 rings (SSSR count). The summed E-state index contributed by atoms with van der Waals surface area (Å²) in [6, 6.07) is 3.76. The van der Waals surface area contributed by atoms with E-state index >= 15 is 0 Å². The van der Waals surface area contributed by atoms with Crippen LogP contribution >= 0.6 is 34.3 Å². The number of halogens is 1. The zero-order valence-corrected chi connectivity index (χ0v) is 13.2. The Kier molecular flexibility index (Phi) is 4.71. The Balaban J connectivity index is 2.13. The quantitative estimate of drug-likeness (QED) is 0.638. The summed E-state index contributed by atoms with van der Waals surface area (Å²) in [4.78, 5) is 24.0. The van der Waals surface area contributed by atoms with Gasteiger partial charge in [0.25, 0.3) is 11.8 Å². The van der Waals surface area contributed by atoms with E-state index in [4.69, 9.17) is 28.8 Å². The fourth-order valence-corrected chi connectivity index (χ4v) is 3.87. The maximum atomic E-state index is 11.5. The molecule has 0 saturated carbocycles. The van der Waals surface area contributed by atoms with Crippen LogP contribution in [0.4, 0.5) is 10.7 Å². The van der Waals surface area contributed by atoms with E-state index in [0.29, 0.717) is 11.5 Å². The summed E-state index contributed by atoms with van der Waals surface area (Å²) < 4.78 is 0.721. The fraction of sp³-hybridized carbons (Fsp3) is 0.167. The standard InChI is InChI=1S/C12H13ClN4O2S2/c13-6-2-1-5(20-6)3-4-17-12-7(10(15)18)8(14)9(21-12)11(16)19/h1-2,17H,3-4,14H2,(H2,15,18)(H2,16,19). The highest BCUT2D eigenvalue weighted by molar-refractivity contribution is 7.19. The van der Waals surface area contributed by atoms with Gasteiger partial charge in [-0.05, 0) is 18.6 Å². The predicted molar refractivity (Wildman–Crippen MR) is 87.3 cm³/mol. The first-order valence-corrected chi connectivity index (χ1v) is 7.91. The average Bonchev–Trinajstić information content (AvgIpc) is 2.93. The number of anilines is 2. The van der Waals surface area contributed by atoms with Crippen molar-refractivity contribution in [3.63, 3.8) is 0 Å². The van der Waals surface area contributed by atoms with E-state index < -0.39 is 11.8 Å². The summed E-state index contributed by atoms with van der Waals surface area (Å²) in [5, 5.41) is 3.52. The fourth-order valence-electron chi connectivity index (χ4n) is 1.78. The molecule has 2 aromatic rings. The summed E-state index contributed by atoms with van der Waals surface area (Å²) >= 11 is 8.37. The van der Waals surface area contributed by atoms with Crippen molar-refractivity contribution >= 4 is 56.8 Å². The van der Waals surface area contributed by atoms with Crippen molar-refractivity contribution in [1.82, 2.24) is 0 Å². The number of hydrogen-bond donors (Lipinski definition) is 4. The molecule has 0 aromatic carbocycles. The smallest absolute Gasteiger partial charge is 0.260 e. The van der Waals surface area contributed by atoms with E-state index in [1.807, 2.05) is 12.1 Å². The van der Waals surface area contributed by atoms with Gasteiger partial charge in [0, 0.05) is 11.4 Å². The van der Waals surface area contributed by atoms with Gasteiger partial charge in [-0.15, -0.1) is 22.7 Å². The largest absolute Gasteiger partial charge is 0.397 e. The molecule has 21 heavy (non-hydrogen) atoms. The molecule has 0 saturated heterocycles. The number of carbonyl (C=O) groups excluding carboxylic acids is 2. The number of nitrogens with two attached hydrogens (primary N) is 3. The van der Waals surface area contributed by atoms with E-state index in [9.17, 15) is 9.59 Å². The highest BCUT2D eigenvalue weighted by atomic mass is 35.5. The molecule has 0 unspecified atom stereocenters. The number of carbonyl (C=O) groups is 2. The Labute approximate surface area is 133 Å².